The Morgan fingerprint density at radius 1 is 1.41 bits per heavy atom. The quantitative estimate of drug-likeness (QED) is 0.887. The standard InChI is InChI=1S/C14H24N2O4S2/c1-10(15-13(17)20-14(3,4)5)9-16(6)22(18,19)12-8-7-11(2)21-12/h7-8,10H,9H2,1-6H3,(H,15,17)/t10-/m0/s1. The van der Waals surface area contributed by atoms with Crippen LogP contribution in [0.3, 0.4) is 0 Å². The number of alkyl carbamates (subject to hydrolysis) is 1. The number of amides is 1. The van der Waals surface area contributed by atoms with Crippen molar-refractivity contribution < 1.29 is 17.9 Å². The number of aryl methyl sites for hydroxylation is 1. The molecule has 0 aliphatic carbocycles. The van der Waals surface area contributed by atoms with Crippen molar-refractivity contribution in [2.75, 3.05) is 13.6 Å². The summed E-state index contributed by atoms with van der Waals surface area (Å²) in [6.45, 7) is 9.07. The van der Waals surface area contributed by atoms with Crippen molar-refractivity contribution in [3.8, 4) is 0 Å². The van der Waals surface area contributed by atoms with Crippen molar-refractivity contribution in [2.24, 2.45) is 0 Å². The van der Waals surface area contributed by atoms with E-state index in [4.69, 9.17) is 4.74 Å². The molecule has 8 heteroatoms. The lowest BCUT2D eigenvalue weighted by Crippen LogP contribution is -2.44. The van der Waals surface area contributed by atoms with Gasteiger partial charge in [-0.05, 0) is 46.8 Å². The molecule has 0 unspecified atom stereocenters. The Morgan fingerprint density at radius 3 is 2.45 bits per heavy atom. The molecule has 1 amide bonds. The molecule has 1 aromatic rings. The minimum atomic E-state index is -3.52. The normalized spacial score (nSPS) is 14.0. The summed E-state index contributed by atoms with van der Waals surface area (Å²) in [5.41, 5.74) is -0.587. The molecule has 1 aromatic heterocycles. The topological polar surface area (TPSA) is 75.7 Å². The van der Waals surface area contributed by atoms with Crippen molar-refractivity contribution in [2.45, 2.75) is 50.5 Å². The Bertz CT molecular complexity index is 617. The maximum absolute atomic E-state index is 12.4. The van der Waals surface area contributed by atoms with Gasteiger partial charge in [-0.2, -0.15) is 4.31 Å². The third-order valence-electron chi connectivity index (χ3n) is 2.67. The van der Waals surface area contributed by atoms with Crippen LogP contribution in [0.15, 0.2) is 16.3 Å². The Morgan fingerprint density at radius 2 is 2.00 bits per heavy atom. The summed E-state index contributed by atoms with van der Waals surface area (Å²) in [5, 5.41) is 2.63. The van der Waals surface area contributed by atoms with E-state index in [9.17, 15) is 13.2 Å². The number of ether oxygens (including phenoxy) is 1. The maximum Gasteiger partial charge on any atom is 0.407 e. The highest BCUT2D eigenvalue weighted by Gasteiger charge is 2.25. The highest BCUT2D eigenvalue weighted by molar-refractivity contribution is 7.91. The average molecular weight is 348 g/mol. The Labute approximate surface area is 136 Å². The monoisotopic (exact) mass is 348 g/mol. The lowest BCUT2D eigenvalue weighted by Gasteiger charge is -2.24. The maximum atomic E-state index is 12.4. The minimum Gasteiger partial charge on any atom is -0.444 e. The number of carbonyl (C=O) groups excluding carboxylic acids is 1. The van der Waals surface area contributed by atoms with Crippen LogP contribution in [0.2, 0.25) is 0 Å². The van der Waals surface area contributed by atoms with E-state index in [1.54, 1.807) is 39.8 Å². The molecule has 0 aromatic carbocycles. The van der Waals surface area contributed by atoms with Crippen molar-refractivity contribution in [1.82, 2.24) is 9.62 Å². The van der Waals surface area contributed by atoms with Crippen LogP contribution in [0.5, 0.6) is 0 Å². The van der Waals surface area contributed by atoms with Crippen molar-refractivity contribution >= 4 is 27.5 Å². The molecule has 1 N–H and O–H groups in total. The predicted octanol–water partition coefficient (Wildman–Crippen LogP) is 2.59. The van der Waals surface area contributed by atoms with Crippen LogP contribution < -0.4 is 5.32 Å². The molecule has 22 heavy (non-hydrogen) atoms. The smallest absolute Gasteiger partial charge is 0.407 e. The highest BCUT2D eigenvalue weighted by Crippen LogP contribution is 2.23. The fourth-order valence-corrected chi connectivity index (χ4v) is 4.50. The lowest BCUT2D eigenvalue weighted by molar-refractivity contribution is 0.0504. The summed E-state index contributed by atoms with van der Waals surface area (Å²) < 4.78 is 31.5. The summed E-state index contributed by atoms with van der Waals surface area (Å²) >= 11 is 1.23. The van der Waals surface area contributed by atoms with Crippen LogP contribution >= 0.6 is 11.3 Å². The van der Waals surface area contributed by atoms with Gasteiger partial charge < -0.3 is 10.1 Å². The molecule has 1 rings (SSSR count). The number of nitrogens with zero attached hydrogens (tertiary/aromatic N) is 1. The zero-order chi connectivity index (χ0) is 17.1. The molecular formula is C14H24N2O4S2. The first kappa shape index (κ1) is 18.9. The Kier molecular flexibility index (Phi) is 6.00. The highest BCUT2D eigenvalue weighted by atomic mass is 32.2. The second-order valence-electron chi connectivity index (χ2n) is 6.20. The van der Waals surface area contributed by atoms with Gasteiger partial charge in [-0.25, -0.2) is 13.2 Å². The average Bonchev–Trinajstić information content (AvgIpc) is 2.73. The van der Waals surface area contributed by atoms with Gasteiger partial charge in [0.2, 0.25) is 0 Å². The first-order chi connectivity index (χ1) is 9.91. The van der Waals surface area contributed by atoms with E-state index in [0.29, 0.717) is 4.21 Å². The molecular weight excluding hydrogens is 324 g/mol. The molecule has 126 valence electrons. The van der Waals surface area contributed by atoms with Gasteiger partial charge in [0, 0.05) is 24.5 Å². The molecule has 0 aliphatic rings. The molecule has 0 saturated heterocycles. The molecule has 0 bridgehead atoms. The van der Waals surface area contributed by atoms with Gasteiger partial charge in [0.1, 0.15) is 9.81 Å². The number of sulfonamides is 1. The number of hydrogen-bond acceptors (Lipinski definition) is 5. The molecule has 0 saturated carbocycles. The van der Waals surface area contributed by atoms with Gasteiger partial charge >= 0.3 is 6.09 Å². The van der Waals surface area contributed by atoms with E-state index < -0.39 is 21.7 Å². The van der Waals surface area contributed by atoms with E-state index in [-0.39, 0.29) is 12.6 Å². The first-order valence-corrected chi connectivity index (χ1v) is 9.20. The molecule has 0 aliphatic heterocycles. The van der Waals surface area contributed by atoms with Gasteiger partial charge in [0.15, 0.2) is 0 Å². The second-order valence-corrected chi connectivity index (χ2v) is 9.76. The zero-order valence-corrected chi connectivity index (χ0v) is 15.5. The fraction of sp³-hybridized carbons (Fsp3) is 0.643. The van der Waals surface area contributed by atoms with E-state index in [1.807, 2.05) is 6.92 Å². The summed E-state index contributed by atoms with van der Waals surface area (Å²) in [6.07, 6.45) is -0.558. The number of hydrogen-bond donors (Lipinski definition) is 1. The predicted molar refractivity (Wildman–Crippen MR) is 87.7 cm³/mol. The van der Waals surface area contributed by atoms with Gasteiger partial charge in [-0.15, -0.1) is 11.3 Å². The zero-order valence-electron chi connectivity index (χ0n) is 13.8. The summed E-state index contributed by atoms with van der Waals surface area (Å²) in [7, 11) is -2.03. The van der Waals surface area contributed by atoms with Crippen molar-refractivity contribution in [3.63, 3.8) is 0 Å². The lowest BCUT2D eigenvalue weighted by atomic mass is 10.2. The first-order valence-electron chi connectivity index (χ1n) is 6.94. The van der Waals surface area contributed by atoms with Crippen LogP contribution in [0, 0.1) is 6.92 Å². The molecule has 0 fully saturated rings. The van der Waals surface area contributed by atoms with Gasteiger partial charge in [0.25, 0.3) is 10.0 Å². The Balaban J connectivity index is 2.64. The molecule has 0 spiro atoms. The SMILES string of the molecule is Cc1ccc(S(=O)(=O)N(C)C[C@H](C)NC(=O)OC(C)(C)C)s1. The van der Waals surface area contributed by atoms with E-state index in [2.05, 4.69) is 5.32 Å². The molecule has 0 radical (unpaired) electrons. The minimum absolute atomic E-state index is 0.165. The number of rotatable bonds is 5. The Hall–Kier alpha value is -1.12. The largest absolute Gasteiger partial charge is 0.444 e. The van der Waals surface area contributed by atoms with E-state index >= 15 is 0 Å². The van der Waals surface area contributed by atoms with Gasteiger partial charge in [-0.1, -0.05) is 0 Å². The number of likely N-dealkylation sites (N-methyl/N-ethyl adjacent to an activating group) is 1. The third kappa shape index (κ3) is 5.58. The molecule has 1 heterocycles. The summed E-state index contributed by atoms with van der Waals surface area (Å²) in [4.78, 5) is 12.6. The van der Waals surface area contributed by atoms with Crippen LogP contribution in [0.4, 0.5) is 4.79 Å². The van der Waals surface area contributed by atoms with Crippen molar-refractivity contribution in [1.29, 1.82) is 0 Å². The summed E-state index contributed by atoms with van der Waals surface area (Å²) in [6, 6.07) is 3.00. The fourth-order valence-electron chi connectivity index (χ4n) is 1.74. The van der Waals surface area contributed by atoms with E-state index in [0.717, 1.165) is 4.88 Å². The third-order valence-corrected chi connectivity index (χ3v) is 5.97. The molecule has 6 nitrogen and oxygen atoms in total. The van der Waals surface area contributed by atoms with Crippen LogP contribution in [0.25, 0.3) is 0 Å². The second kappa shape index (κ2) is 6.97. The van der Waals surface area contributed by atoms with E-state index in [1.165, 1.54) is 22.7 Å². The van der Waals surface area contributed by atoms with Crippen LogP contribution in [-0.4, -0.2) is 44.1 Å². The number of nitrogens with one attached hydrogen (secondary N) is 1. The van der Waals surface area contributed by atoms with Gasteiger partial charge in [-0.3, -0.25) is 0 Å². The van der Waals surface area contributed by atoms with Crippen LogP contribution in [-0.2, 0) is 14.8 Å². The molecule has 1 atom stereocenters. The van der Waals surface area contributed by atoms with Crippen molar-refractivity contribution in [3.05, 3.63) is 17.0 Å². The van der Waals surface area contributed by atoms with Crippen LogP contribution in [0.1, 0.15) is 32.6 Å². The summed E-state index contributed by atoms with van der Waals surface area (Å²) in [5.74, 6) is 0. The van der Waals surface area contributed by atoms with Gasteiger partial charge in [0.05, 0.1) is 0 Å². The number of thiophene rings is 1. The number of carbonyl (C=O) groups is 1.